The molecule has 3 aromatic rings. The fourth-order valence-electron chi connectivity index (χ4n) is 5.34. The summed E-state index contributed by atoms with van der Waals surface area (Å²) in [6, 6.07) is 17.6. The van der Waals surface area contributed by atoms with E-state index in [0.29, 0.717) is 41.2 Å². The maximum Gasteiger partial charge on any atom is 0.295 e. The van der Waals surface area contributed by atoms with E-state index in [2.05, 4.69) is 0 Å². The van der Waals surface area contributed by atoms with Gasteiger partial charge in [0, 0.05) is 18.5 Å². The van der Waals surface area contributed by atoms with E-state index in [1.807, 2.05) is 43.3 Å². The van der Waals surface area contributed by atoms with Crippen LogP contribution in [0.15, 0.2) is 66.2 Å². The highest BCUT2D eigenvalue weighted by molar-refractivity contribution is 6.46. The predicted octanol–water partition coefficient (Wildman–Crippen LogP) is 4.70. The van der Waals surface area contributed by atoms with Crippen LogP contribution in [0.2, 0.25) is 0 Å². The summed E-state index contributed by atoms with van der Waals surface area (Å²) < 4.78 is 22.4. The summed E-state index contributed by atoms with van der Waals surface area (Å²) in [5, 5.41) is 11.5. The Morgan fingerprint density at radius 3 is 2.31 bits per heavy atom. The molecule has 3 aromatic carbocycles. The average Bonchev–Trinajstić information content (AvgIpc) is 3.46. The van der Waals surface area contributed by atoms with Crippen molar-refractivity contribution in [1.82, 2.24) is 4.90 Å². The molecule has 0 radical (unpaired) electrons. The topological polar surface area (TPSA) is 94.5 Å². The lowest BCUT2D eigenvalue weighted by Gasteiger charge is -2.26. The molecular weight excluding hydrogens is 498 g/mol. The van der Waals surface area contributed by atoms with Gasteiger partial charge in [0.15, 0.2) is 11.5 Å². The van der Waals surface area contributed by atoms with Gasteiger partial charge in [-0.3, -0.25) is 9.59 Å². The Bertz CT molecular complexity index is 1420. The van der Waals surface area contributed by atoms with Crippen LogP contribution >= 0.6 is 0 Å². The Kier molecular flexibility index (Phi) is 7.19. The monoisotopic (exact) mass is 529 g/mol. The normalized spacial score (nSPS) is 19.5. The van der Waals surface area contributed by atoms with Crippen molar-refractivity contribution >= 4 is 17.4 Å². The standard InChI is InChI=1S/C31H31NO7/c1-18-14-21-15-20(10-11-23(21)39-18)28(33)26-27(22-16-24(36-2)30(38-4)25(17-22)37-3)32(31(35)29(26)34)13-12-19-8-6-5-7-9-19/h5-11,15-18,27,33H,12-14H2,1-4H3/b28-26+/t18-,27-/m1/s1. The molecule has 2 atom stereocenters. The van der Waals surface area contributed by atoms with Crippen molar-refractivity contribution in [3.63, 3.8) is 0 Å². The second kappa shape index (κ2) is 10.7. The Morgan fingerprint density at radius 2 is 1.67 bits per heavy atom. The summed E-state index contributed by atoms with van der Waals surface area (Å²) in [4.78, 5) is 28.5. The molecule has 1 N–H and O–H groups in total. The van der Waals surface area contributed by atoms with Gasteiger partial charge in [-0.15, -0.1) is 0 Å². The Balaban J connectivity index is 1.65. The van der Waals surface area contributed by atoms with E-state index in [-0.39, 0.29) is 24.0 Å². The minimum Gasteiger partial charge on any atom is -0.507 e. The number of amides is 1. The number of carbonyl (C=O) groups excluding carboxylic acids is 2. The summed E-state index contributed by atoms with van der Waals surface area (Å²) >= 11 is 0. The van der Waals surface area contributed by atoms with Crippen molar-refractivity contribution in [3.8, 4) is 23.0 Å². The molecular formula is C31H31NO7. The average molecular weight is 530 g/mol. The first-order valence-corrected chi connectivity index (χ1v) is 12.8. The number of ether oxygens (including phenoxy) is 4. The minimum absolute atomic E-state index is 0.00856. The number of fused-ring (bicyclic) bond motifs is 1. The summed E-state index contributed by atoms with van der Waals surface area (Å²) in [5.74, 6) is 0.236. The van der Waals surface area contributed by atoms with Gasteiger partial charge in [0.25, 0.3) is 11.7 Å². The minimum atomic E-state index is -0.870. The number of nitrogens with zero attached hydrogens (tertiary/aromatic N) is 1. The second-order valence-corrected chi connectivity index (χ2v) is 9.64. The number of aliphatic hydroxyl groups excluding tert-OH is 1. The number of aliphatic hydroxyl groups is 1. The number of methoxy groups -OCH3 is 3. The van der Waals surface area contributed by atoms with Crippen LogP contribution in [0.3, 0.4) is 0 Å². The summed E-state index contributed by atoms with van der Waals surface area (Å²) in [7, 11) is 4.51. The molecule has 2 aliphatic rings. The van der Waals surface area contributed by atoms with Crippen LogP contribution in [0, 0.1) is 0 Å². The molecule has 5 rings (SSSR count). The summed E-state index contributed by atoms with van der Waals surface area (Å²) in [6.07, 6.45) is 1.25. The number of rotatable bonds is 8. The van der Waals surface area contributed by atoms with Gasteiger partial charge in [0.05, 0.1) is 32.9 Å². The quantitative estimate of drug-likeness (QED) is 0.257. The van der Waals surface area contributed by atoms with Gasteiger partial charge < -0.3 is 29.0 Å². The lowest BCUT2D eigenvalue weighted by Crippen LogP contribution is -2.31. The lowest BCUT2D eigenvalue weighted by molar-refractivity contribution is -0.139. The molecule has 1 saturated heterocycles. The number of carbonyl (C=O) groups is 2. The fraction of sp³-hybridized carbons (Fsp3) is 0.290. The predicted molar refractivity (Wildman–Crippen MR) is 145 cm³/mol. The van der Waals surface area contributed by atoms with Gasteiger partial charge in [-0.25, -0.2) is 0 Å². The molecule has 0 saturated carbocycles. The van der Waals surface area contributed by atoms with E-state index in [4.69, 9.17) is 18.9 Å². The van der Waals surface area contributed by atoms with Crippen LogP contribution in [0.5, 0.6) is 23.0 Å². The van der Waals surface area contributed by atoms with Gasteiger partial charge in [0.1, 0.15) is 17.6 Å². The summed E-state index contributed by atoms with van der Waals surface area (Å²) in [6.45, 7) is 2.24. The smallest absolute Gasteiger partial charge is 0.295 e. The van der Waals surface area contributed by atoms with Gasteiger partial charge in [0.2, 0.25) is 5.75 Å². The van der Waals surface area contributed by atoms with Gasteiger partial charge in [-0.2, -0.15) is 0 Å². The van der Waals surface area contributed by atoms with Crippen molar-refractivity contribution in [2.75, 3.05) is 27.9 Å². The van der Waals surface area contributed by atoms with E-state index >= 15 is 0 Å². The van der Waals surface area contributed by atoms with Crippen LogP contribution in [0.4, 0.5) is 0 Å². The van der Waals surface area contributed by atoms with Crippen LogP contribution < -0.4 is 18.9 Å². The molecule has 39 heavy (non-hydrogen) atoms. The van der Waals surface area contributed by atoms with Gasteiger partial charge in [-0.05, 0) is 60.4 Å². The number of likely N-dealkylation sites (tertiary alicyclic amines) is 1. The van der Waals surface area contributed by atoms with E-state index in [1.165, 1.54) is 26.2 Å². The lowest BCUT2D eigenvalue weighted by atomic mass is 9.93. The zero-order valence-corrected chi connectivity index (χ0v) is 22.4. The third-order valence-electron chi connectivity index (χ3n) is 7.20. The molecule has 0 aliphatic carbocycles. The second-order valence-electron chi connectivity index (χ2n) is 9.64. The highest BCUT2D eigenvalue weighted by Crippen LogP contribution is 2.46. The van der Waals surface area contributed by atoms with Crippen LogP contribution in [-0.4, -0.2) is 55.7 Å². The molecule has 0 unspecified atom stereocenters. The molecule has 1 amide bonds. The number of ketones is 1. The fourth-order valence-corrected chi connectivity index (χ4v) is 5.34. The molecule has 0 bridgehead atoms. The number of benzene rings is 3. The first-order valence-electron chi connectivity index (χ1n) is 12.8. The molecule has 1 fully saturated rings. The summed E-state index contributed by atoms with van der Waals surface area (Å²) in [5.41, 5.74) is 2.97. The van der Waals surface area contributed by atoms with Gasteiger partial charge >= 0.3 is 0 Å². The van der Waals surface area contributed by atoms with Crippen LogP contribution in [-0.2, 0) is 22.4 Å². The highest BCUT2D eigenvalue weighted by Gasteiger charge is 2.46. The molecule has 0 spiro atoms. The first kappa shape index (κ1) is 26.2. The Morgan fingerprint density at radius 1 is 0.974 bits per heavy atom. The van der Waals surface area contributed by atoms with Gasteiger partial charge in [-0.1, -0.05) is 30.3 Å². The molecule has 202 valence electrons. The van der Waals surface area contributed by atoms with E-state index < -0.39 is 17.7 Å². The van der Waals surface area contributed by atoms with Crippen molar-refractivity contribution < 1.29 is 33.6 Å². The van der Waals surface area contributed by atoms with Crippen molar-refractivity contribution in [2.45, 2.75) is 31.9 Å². The molecule has 8 heteroatoms. The maximum atomic E-state index is 13.5. The third-order valence-corrected chi connectivity index (χ3v) is 7.20. The SMILES string of the molecule is COc1cc([C@@H]2/C(=C(\O)c3ccc4c(c3)C[C@@H](C)O4)C(=O)C(=O)N2CCc2ccccc2)cc(OC)c1OC. The van der Waals surface area contributed by atoms with Crippen LogP contribution in [0.25, 0.3) is 5.76 Å². The Hall–Kier alpha value is -4.46. The van der Waals surface area contributed by atoms with E-state index in [0.717, 1.165) is 16.9 Å². The van der Waals surface area contributed by atoms with Crippen LogP contribution in [0.1, 0.15) is 35.2 Å². The number of Topliss-reactive ketones (excluding diaryl/α,β-unsaturated/α-hetero) is 1. The largest absolute Gasteiger partial charge is 0.507 e. The van der Waals surface area contributed by atoms with Crippen molar-refractivity contribution in [1.29, 1.82) is 0 Å². The number of hydrogen-bond acceptors (Lipinski definition) is 7. The molecule has 0 aromatic heterocycles. The molecule has 2 aliphatic heterocycles. The molecule has 8 nitrogen and oxygen atoms in total. The third kappa shape index (κ3) is 4.78. The zero-order chi connectivity index (χ0) is 27.7. The van der Waals surface area contributed by atoms with Crippen molar-refractivity contribution in [3.05, 3.63) is 88.5 Å². The Labute approximate surface area is 227 Å². The van der Waals surface area contributed by atoms with E-state index in [9.17, 15) is 14.7 Å². The zero-order valence-electron chi connectivity index (χ0n) is 22.4. The maximum absolute atomic E-state index is 13.5. The highest BCUT2D eigenvalue weighted by atomic mass is 16.5. The van der Waals surface area contributed by atoms with Crippen molar-refractivity contribution in [2.24, 2.45) is 0 Å². The number of hydrogen-bond donors (Lipinski definition) is 1. The van der Waals surface area contributed by atoms with E-state index in [1.54, 1.807) is 24.3 Å². The molecule has 2 heterocycles. The first-order chi connectivity index (χ1) is 18.9.